The van der Waals surface area contributed by atoms with E-state index in [9.17, 15) is 9.90 Å². The van der Waals surface area contributed by atoms with Crippen molar-refractivity contribution in [3.8, 4) is 5.75 Å². The molecular weight excluding hydrogens is 254 g/mol. The minimum Gasteiger partial charge on any atom is -0.481 e. The van der Waals surface area contributed by atoms with Gasteiger partial charge >= 0.3 is 0 Å². The van der Waals surface area contributed by atoms with E-state index in [1.165, 1.54) is 0 Å². The molecule has 4 nitrogen and oxygen atoms in total. The van der Waals surface area contributed by atoms with Crippen LogP contribution in [0, 0.1) is 6.92 Å². The summed E-state index contributed by atoms with van der Waals surface area (Å²) >= 11 is 0. The summed E-state index contributed by atoms with van der Waals surface area (Å²) in [6.45, 7) is 3.73. The van der Waals surface area contributed by atoms with E-state index in [0.717, 1.165) is 31.2 Å². The van der Waals surface area contributed by atoms with E-state index >= 15 is 0 Å². The summed E-state index contributed by atoms with van der Waals surface area (Å²) in [6.07, 6.45) is 2.69. The Labute approximate surface area is 120 Å². The molecule has 3 atom stereocenters. The third kappa shape index (κ3) is 3.97. The largest absolute Gasteiger partial charge is 0.481 e. The highest BCUT2D eigenvalue weighted by Crippen LogP contribution is 2.19. The molecule has 110 valence electrons. The molecule has 0 bridgehead atoms. The molecule has 1 unspecified atom stereocenters. The highest BCUT2D eigenvalue weighted by atomic mass is 16.5. The summed E-state index contributed by atoms with van der Waals surface area (Å²) in [4.78, 5) is 12.1. The highest BCUT2D eigenvalue weighted by molar-refractivity contribution is 5.81. The average Bonchev–Trinajstić information content (AvgIpc) is 2.44. The topological polar surface area (TPSA) is 58.6 Å². The van der Waals surface area contributed by atoms with Crippen molar-refractivity contribution < 1.29 is 14.6 Å². The molecule has 2 N–H and O–H groups in total. The summed E-state index contributed by atoms with van der Waals surface area (Å²) in [5.41, 5.74) is 1.15. The van der Waals surface area contributed by atoms with E-state index in [2.05, 4.69) is 5.32 Å². The van der Waals surface area contributed by atoms with E-state index in [-0.39, 0.29) is 11.9 Å². The first-order chi connectivity index (χ1) is 9.56. The lowest BCUT2D eigenvalue weighted by atomic mass is 9.92. The third-order valence-corrected chi connectivity index (χ3v) is 3.76. The Balaban J connectivity index is 1.86. The fourth-order valence-electron chi connectivity index (χ4n) is 2.45. The van der Waals surface area contributed by atoms with Crippen LogP contribution in [-0.4, -0.2) is 29.3 Å². The molecule has 1 aliphatic carbocycles. The number of aliphatic hydroxyl groups excluding tert-OH is 1. The molecule has 2 rings (SSSR count). The summed E-state index contributed by atoms with van der Waals surface area (Å²) < 4.78 is 5.61. The van der Waals surface area contributed by atoms with E-state index in [4.69, 9.17) is 4.74 Å². The standard InChI is InChI=1S/C16H23NO3/c1-11-7-9-13(10-8-11)20-12(2)16(19)17-14-5-3-4-6-15(14)18/h7-10,12,14-15,18H,3-6H2,1-2H3,(H,17,19)/t12?,14-,15-/m1/s1. The van der Waals surface area contributed by atoms with Crippen LogP contribution in [0.5, 0.6) is 5.75 Å². The SMILES string of the molecule is Cc1ccc(OC(C)C(=O)N[C@@H]2CCCC[C@H]2O)cc1. The number of nitrogens with one attached hydrogen (secondary N) is 1. The Morgan fingerprint density at radius 3 is 2.60 bits per heavy atom. The summed E-state index contributed by atoms with van der Waals surface area (Å²) in [5.74, 6) is 0.513. The molecule has 0 aliphatic heterocycles. The Kier molecular flexibility index (Phi) is 5.01. The fourth-order valence-corrected chi connectivity index (χ4v) is 2.45. The smallest absolute Gasteiger partial charge is 0.261 e. The molecule has 1 aliphatic rings. The maximum atomic E-state index is 12.1. The van der Waals surface area contributed by atoms with Gasteiger partial charge in [0.2, 0.25) is 0 Å². The zero-order valence-corrected chi connectivity index (χ0v) is 12.1. The Morgan fingerprint density at radius 2 is 1.95 bits per heavy atom. The average molecular weight is 277 g/mol. The molecule has 1 amide bonds. The highest BCUT2D eigenvalue weighted by Gasteiger charge is 2.26. The molecule has 1 aromatic carbocycles. The van der Waals surface area contributed by atoms with Gasteiger partial charge in [-0.05, 0) is 38.8 Å². The summed E-state index contributed by atoms with van der Waals surface area (Å²) in [7, 11) is 0. The van der Waals surface area contributed by atoms with Gasteiger partial charge in [0.1, 0.15) is 5.75 Å². The lowest BCUT2D eigenvalue weighted by molar-refractivity contribution is -0.129. The third-order valence-electron chi connectivity index (χ3n) is 3.76. The second-order valence-corrected chi connectivity index (χ2v) is 5.54. The molecule has 20 heavy (non-hydrogen) atoms. The second kappa shape index (κ2) is 6.75. The van der Waals surface area contributed by atoms with Crippen LogP contribution in [-0.2, 0) is 4.79 Å². The van der Waals surface area contributed by atoms with E-state index in [0.29, 0.717) is 5.75 Å². The number of hydrogen-bond acceptors (Lipinski definition) is 3. The van der Waals surface area contributed by atoms with E-state index in [1.807, 2.05) is 31.2 Å². The summed E-state index contributed by atoms with van der Waals surface area (Å²) in [6, 6.07) is 7.47. The number of aryl methyl sites for hydroxylation is 1. The van der Waals surface area contributed by atoms with Crippen molar-refractivity contribution in [1.82, 2.24) is 5.32 Å². The van der Waals surface area contributed by atoms with Crippen molar-refractivity contribution in [2.45, 2.75) is 57.8 Å². The van der Waals surface area contributed by atoms with Crippen LogP contribution in [0.15, 0.2) is 24.3 Å². The monoisotopic (exact) mass is 277 g/mol. The molecule has 1 saturated carbocycles. The van der Waals surface area contributed by atoms with E-state index < -0.39 is 12.2 Å². The number of hydrogen-bond donors (Lipinski definition) is 2. The van der Waals surface area contributed by atoms with Crippen LogP contribution in [0.4, 0.5) is 0 Å². The van der Waals surface area contributed by atoms with Gasteiger partial charge in [-0.25, -0.2) is 0 Å². The van der Waals surface area contributed by atoms with Crippen molar-refractivity contribution in [2.75, 3.05) is 0 Å². The van der Waals surface area contributed by atoms with Crippen molar-refractivity contribution in [1.29, 1.82) is 0 Å². The number of rotatable bonds is 4. The molecule has 0 saturated heterocycles. The quantitative estimate of drug-likeness (QED) is 0.887. The van der Waals surface area contributed by atoms with Crippen molar-refractivity contribution in [2.24, 2.45) is 0 Å². The zero-order valence-electron chi connectivity index (χ0n) is 12.1. The number of benzene rings is 1. The van der Waals surface area contributed by atoms with Gasteiger partial charge in [0.25, 0.3) is 5.91 Å². The maximum Gasteiger partial charge on any atom is 0.261 e. The Bertz CT molecular complexity index is 444. The van der Waals surface area contributed by atoms with Gasteiger partial charge in [0, 0.05) is 0 Å². The number of amides is 1. The lowest BCUT2D eigenvalue weighted by Crippen LogP contribution is -2.49. The normalized spacial score (nSPS) is 23.9. The number of aliphatic hydroxyl groups is 1. The second-order valence-electron chi connectivity index (χ2n) is 5.54. The zero-order chi connectivity index (χ0) is 14.5. The molecule has 0 radical (unpaired) electrons. The van der Waals surface area contributed by atoms with Crippen LogP contribution < -0.4 is 10.1 Å². The van der Waals surface area contributed by atoms with Gasteiger partial charge in [0.15, 0.2) is 6.10 Å². The molecule has 0 aromatic heterocycles. The minimum absolute atomic E-state index is 0.139. The van der Waals surface area contributed by atoms with Gasteiger partial charge in [-0.15, -0.1) is 0 Å². The van der Waals surface area contributed by atoms with Crippen LogP contribution in [0.3, 0.4) is 0 Å². The van der Waals surface area contributed by atoms with Crippen LogP contribution in [0.2, 0.25) is 0 Å². The van der Waals surface area contributed by atoms with Crippen molar-refractivity contribution >= 4 is 5.91 Å². The predicted octanol–water partition coefficient (Wildman–Crippen LogP) is 2.18. The first-order valence-corrected chi connectivity index (χ1v) is 7.28. The van der Waals surface area contributed by atoms with Gasteiger partial charge in [0.05, 0.1) is 12.1 Å². The number of ether oxygens (including phenoxy) is 1. The van der Waals surface area contributed by atoms with Crippen molar-refractivity contribution in [3.05, 3.63) is 29.8 Å². The predicted molar refractivity (Wildman–Crippen MR) is 77.7 cm³/mol. The fraction of sp³-hybridized carbons (Fsp3) is 0.562. The summed E-state index contributed by atoms with van der Waals surface area (Å²) in [5, 5.41) is 12.8. The Morgan fingerprint density at radius 1 is 1.30 bits per heavy atom. The number of carbonyl (C=O) groups excluding carboxylic acids is 1. The van der Waals surface area contributed by atoms with Crippen LogP contribution >= 0.6 is 0 Å². The molecule has 0 spiro atoms. The first kappa shape index (κ1) is 14.9. The molecular formula is C16H23NO3. The van der Waals surface area contributed by atoms with E-state index in [1.54, 1.807) is 6.92 Å². The lowest BCUT2D eigenvalue weighted by Gasteiger charge is -2.29. The minimum atomic E-state index is -0.563. The van der Waals surface area contributed by atoms with Crippen LogP contribution in [0.25, 0.3) is 0 Å². The van der Waals surface area contributed by atoms with Gasteiger partial charge in [-0.1, -0.05) is 30.5 Å². The van der Waals surface area contributed by atoms with Gasteiger partial charge in [-0.3, -0.25) is 4.79 Å². The maximum absolute atomic E-state index is 12.1. The molecule has 0 heterocycles. The van der Waals surface area contributed by atoms with Crippen molar-refractivity contribution in [3.63, 3.8) is 0 Å². The van der Waals surface area contributed by atoms with Crippen LogP contribution in [0.1, 0.15) is 38.2 Å². The molecule has 1 aromatic rings. The molecule has 1 fully saturated rings. The Hall–Kier alpha value is -1.55. The van der Waals surface area contributed by atoms with Gasteiger partial charge in [-0.2, -0.15) is 0 Å². The number of carbonyl (C=O) groups is 1. The molecule has 4 heteroatoms. The first-order valence-electron chi connectivity index (χ1n) is 7.28. The van der Waals surface area contributed by atoms with Gasteiger partial charge < -0.3 is 15.2 Å².